The van der Waals surface area contributed by atoms with E-state index < -0.39 is 12.2 Å². The third kappa shape index (κ3) is 13.4. The van der Waals surface area contributed by atoms with Gasteiger partial charge in [0.05, 0.1) is 25.4 Å². The molecule has 0 saturated carbocycles. The molecule has 3 unspecified atom stereocenters. The van der Waals surface area contributed by atoms with Crippen molar-refractivity contribution >= 4 is 6.08 Å². The number of hydrogen-bond acceptors (Lipinski definition) is 6. The maximum atomic E-state index is 9.18. The van der Waals surface area contributed by atoms with Crippen LogP contribution in [0.15, 0.2) is 30.3 Å². The monoisotopic (exact) mass is 384 g/mol. The molecule has 0 radical (unpaired) electrons. The third-order valence-corrected chi connectivity index (χ3v) is 3.64. The number of ether oxygens (including phenoxy) is 2. The SMILES string of the molecule is CC=Cc1ccccc1OCC(O)CO.CCCC(C)OCC(O)CCO. The summed E-state index contributed by atoms with van der Waals surface area (Å²) in [6, 6.07) is 7.55. The summed E-state index contributed by atoms with van der Waals surface area (Å²) in [5, 5.41) is 35.5. The Labute approximate surface area is 163 Å². The minimum absolute atomic E-state index is 0.0205. The van der Waals surface area contributed by atoms with Crippen molar-refractivity contribution in [3.63, 3.8) is 0 Å². The highest BCUT2D eigenvalue weighted by Crippen LogP contribution is 2.19. The Kier molecular flexibility index (Phi) is 15.8. The summed E-state index contributed by atoms with van der Waals surface area (Å²) in [5.74, 6) is 0.711. The number of allylic oxidation sites excluding steroid dienone is 1. The van der Waals surface area contributed by atoms with Crippen LogP contribution in [0.3, 0.4) is 0 Å². The fraction of sp³-hybridized carbons (Fsp3) is 0.619. The van der Waals surface area contributed by atoms with E-state index >= 15 is 0 Å². The highest BCUT2D eigenvalue weighted by molar-refractivity contribution is 5.56. The summed E-state index contributed by atoms with van der Waals surface area (Å²) in [6.07, 6.45) is 5.23. The first kappa shape index (κ1) is 25.6. The number of aliphatic hydroxyl groups is 4. The van der Waals surface area contributed by atoms with E-state index in [9.17, 15) is 5.11 Å². The van der Waals surface area contributed by atoms with Gasteiger partial charge in [-0.25, -0.2) is 0 Å². The van der Waals surface area contributed by atoms with Crippen LogP contribution in [0.5, 0.6) is 5.75 Å². The molecule has 27 heavy (non-hydrogen) atoms. The van der Waals surface area contributed by atoms with E-state index in [1.807, 2.05) is 50.3 Å². The molecule has 0 aromatic heterocycles. The van der Waals surface area contributed by atoms with Crippen LogP contribution in [0.4, 0.5) is 0 Å². The normalized spacial score (nSPS) is 14.3. The molecule has 0 fully saturated rings. The van der Waals surface area contributed by atoms with Crippen LogP contribution in [0.2, 0.25) is 0 Å². The third-order valence-electron chi connectivity index (χ3n) is 3.64. The predicted molar refractivity (Wildman–Crippen MR) is 108 cm³/mol. The molecular formula is C21H36O6. The molecule has 1 aromatic carbocycles. The second kappa shape index (κ2) is 16.7. The molecule has 0 amide bonds. The summed E-state index contributed by atoms with van der Waals surface area (Å²) in [5.41, 5.74) is 0.963. The van der Waals surface area contributed by atoms with Crippen LogP contribution in [-0.4, -0.2) is 65.2 Å². The zero-order valence-electron chi connectivity index (χ0n) is 16.8. The van der Waals surface area contributed by atoms with Crippen LogP contribution in [0.25, 0.3) is 6.08 Å². The van der Waals surface area contributed by atoms with Gasteiger partial charge in [0, 0.05) is 12.2 Å². The Morgan fingerprint density at radius 1 is 1.04 bits per heavy atom. The maximum Gasteiger partial charge on any atom is 0.126 e. The van der Waals surface area contributed by atoms with Crippen molar-refractivity contribution in [3.05, 3.63) is 35.9 Å². The Bertz CT molecular complexity index is 479. The van der Waals surface area contributed by atoms with Gasteiger partial charge in [-0.05, 0) is 32.8 Å². The van der Waals surface area contributed by atoms with Crippen LogP contribution < -0.4 is 4.74 Å². The van der Waals surface area contributed by atoms with E-state index in [0.717, 1.165) is 18.4 Å². The number of aliphatic hydroxyl groups excluding tert-OH is 4. The fourth-order valence-electron chi connectivity index (χ4n) is 2.17. The van der Waals surface area contributed by atoms with Gasteiger partial charge in [-0.3, -0.25) is 0 Å². The van der Waals surface area contributed by atoms with E-state index in [2.05, 4.69) is 6.92 Å². The van der Waals surface area contributed by atoms with Gasteiger partial charge < -0.3 is 29.9 Å². The molecule has 4 N–H and O–H groups in total. The van der Waals surface area contributed by atoms with Crippen LogP contribution in [0.1, 0.15) is 45.6 Å². The van der Waals surface area contributed by atoms with Crippen molar-refractivity contribution in [1.82, 2.24) is 0 Å². The second-order valence-corrected chi connectivity index (χ2v) is 6.28. The lowest BCUT2D eigenvalue weighted by Crippen LogP contribution is -2.21. The first-order chi connectivity index (χ1) is 13.0. The largest absolute Gasteiger partial charge is 0.490 e. The molecule has 0 bridgehead atoms. The molecule has 1 rings (SSSR count). The molecule has 0 heterocycles. The molecule has 6 heteroatoms. The standard InChI is InChI=1S/C12H16O3.C9H20O3/c1-2-5-10-6-3-4-7-12(10)15-9-11(14)8-13;1-3-4-8(2)12-7-9(11)5-6-10/h2-7,11,13-14H,8-9H2,1H3;8-11H,3-7H2,1-2H3. The minimum Gasteiger partial charge on any atom is -0.490 e. The summed E-state index contributed by atoms with van der Waals surface area (Å²) in [4.78, 5) is 0. The average Bonchev–Trinajstić information content (AvgIpc) is 2.66. The van der Waals surface area contributed by atoms with Crippen molar-refractivity contribution in [2.75, 3.05) is 26.4 Å². The molecule has 1 aromatic rings. The topological polar surface area (TPSA) is 99.4 Å². The Morgan fingerprint density at radius 2 is 1.74 bits per heavy atom. The van der Waals surface area contributed by atoms with Gasteiger partial charge in [-0.2, -0.15) is 0 Å². The van der Waals surface area contributed by atoms with E-state index in [-0.39, 0.29) is 25.9 Å². The summed E-state index contributed by atoms with van der Waals surface area (Å²) in [7, 11) is 0. The molecule has 0 saturated heterocycles. The summed E-state index contributed by atoms with van der Waals surface area (Å²) in [6.45, 7) is 6.20. The number of rotatable bonds is 12. The highest BCUT2D eigenvalue weighted by Gasteiger charge is 2.06. The number of benzene rings is 1. The Balaban J connectivity index is 0.000000516. The molecule has 0 aliphatic carbocycles. The van der Waals surface area contributed by atoms with Gasteiger partial charge in [0.15, 0.2) is 0 Å². The average molecular weight is 385 g/mol. The zero-order valence-corrected chi connectivity index (χ0v) is 16.8. The van der Waals surface area contributed by atoms with Gasteiger partial charge in [-0.1, -0.05) is 43.7 Å². The second-order valence-electron chi connectivity index (χ2n) is 6.28. The summed E-state index contributed by atoms with van der Waals surface area (Å²) >= 11 is 0. The van der Waals surface area contributed by atoms with Crippen molar-refractivity contribution in [2.24, 2.45) is 0 Å². The van der Waals surface area contributed by atoms with Gasteiger partial charge in [0.25, 0.3) is 0 Å². The van der Waals surface area contributed by atoms with Crippen molar-refractivity contribution in [2.45, 2.75) is 58.3 Å². The van der Waals surface area contributed by atoms with E-state index in [1.165, 1.54) is 0 Å². The Morgan fingerprint density at radius 3 is 2.33 bits per heavy atom. The van der Waals surface area contributed by atoms with Crippen LogP contribution in [0, 0.1) is 0 Å². The van der Waals surface area contributed by atoms with Crippen LogP contribution >= 0.6 is 0 Å². The lowest BCUT2D eigenvalue weighted by Gasteiger charge is -2.14. The summed E-state index contributed by atoms with van der Waals surface area (Å²) < 4.78 is 10.7. The number of hydrogen-bond donors (Lipinski definition) is 4. The molecule has 156 valence electrons. The van der Waals surface area contributed by atoms with Gasteiger partial charge in [0.2, 0.25) is 0 Å². The van der Waals surface area contributed by atoms with Crippen LogP contribution in [-0.2, 0) is 4.74 Å². The molecular weight excluding hydrogens is 348 g/mol. The van der Waals surface area contributed by atoms with E-state index in [0.29, 0.717) is 18.8 Å². The predicted octanol–water partition coefficient (Wildman–Crippen LogP) is 2.39. The first-order valence-electron chi connectivity index (χ1n) is 9.52. The van der Waals surface area contributed by atoms with E-state index in [1.54, 1.807) is 0 Å². The van der Waals surface area contributed by atoms with Gasteiger partial charge >= 0.3 is 0 Å². The highest BCUT2D eigenvalue weighted by atomic mass is 16.5. The molecule has 0 aliphatic heterocycles. The zero-order chi connectivity index (χ0) is 20.5. The maximum absolute atomic E-state index is 9.18. The first-order valence-corrected chi connectivity index (χ1v) is 9.52. The fourth-order valence-corrected chi connectivity index (χ4v) is 2.17. The molecule has 0 spiro atoms. The van der Waals surface area contributed by atoms with Crippen molar-refractivity contribution in [1.29, 1.82) is 0 Å². The van der Waals surface area contributed by atoms with E-state index in [4.69, 9.17) is 24.8 Å². The minimum atomic E-state index is -0.830. The molecule has 3 atom stereocenters. The Hall–Kier alpha value is -1.44. The van der Waals surface area contributed by atoms with Gasteiger partial charge in [-0.15, -0.1) is 0 Å². The lowest BCUT2D eigenvalue weighted by atomic mass is 10.2. The smallest absolute Gasteiger partial charge is 0.126 e. The van der Waals surface area contributed by atoms with Crippen molar-refractivity contribution in [3.8, 4) is 5.75 Å². The quantitative estimate of drug-likeness (QED) is 0.442. The lowest BCUT2D eigenvalue weighted by molar-refractivity contribution is -0.0128. The number of para-hydroxylation sites is 1. The molecule has 0 aliphatic rings. The van der Waals surface area contributed by atoms with Crippen molar-refractivity contribution < 1.29 is 29.9 Å². The van der Waals surface area contributed by atoms with Gasteiger partial charge in [0.1, 0.15) is 18.5 Å². The molecule has 6 nitrogen and oxygen atoms in total.